The first-order valence-corrected chi connectivity index (χ1v) is 13.0. The summed E-state index contributed by atoms with van der Waals surface area (Å²) in [4.78, 5) is 51.3. The molecule has 0 fully saturated rings. The van der Waals surface area contributed by atoms with Crippen molar-refractivity contribution in [3.8, 4) is 0 Å². The van der Waals surface area contributed by atoms with Gasteiger partial charge in [0.05, 0.1) is 24.3 Å². The Bertz CT molecular complexity index is 1270. The Morgan fingerprint density at radius 1 is 0.707 bits per heavy atom. The highest BCUT2D eigenvalue weighted by atomic mass is 16.6. The summed E-state index contributed by atoms with van der Waals surface area (Å²) >= 11 is 0. The van der Waals surface area contributed by atoms with E-state index < -0.39 is 42.2 Å². The first kappa shape index (κ1) is 31.0. The standard InChI is InChI=1S/C31H33NO9/c1-21(2)32-18-25(20-38-19-22-12-6-3-7-13-22)39-31(37)27(41-30(36)24-16-10-5-11-17-24)26(28(33)34)40-29(35)23-14-8-4-9-15-23/h3-17,21,25-27,32H,18-20H2,1-2H3,(H,33,34)/t25-,26-,27+/m1/s1. The number of carbonyl (C=O) groups is 4. The van der Waals surface area contributed by atoms with Crippen LogP contribution in [0.4, 0.5) is 0 Å². The van der Waals surface area contributed by atoms with Crippen molar-refractivity contribution in [3.63, 3.8) is 0 Å². The van der Waals surface area contributed by atoms with E-state index in [4.69, 9.17) is 18.9 Å². The largest absolute Gasteiger partial charge is 0.478 e. The quantitative estimate of drug-likeness (QED) is 0.208. The summed E-state index contributed by atoms with van der Waals surface area (Å²) in [5, 5.41) is 13.1. The topological polar surface area (TPSA) is 137 Å². The lowest BCUT2D eigenvalue weighted by molar-refractivity contribution is -0.176. The maximum absolute atomic E-state index is 13.4. The van der Waals surface area contributed by atoms with Crippen molar-refractivity contribution >= 4 is 23.9 Å². The van der Waals surface area contributed by atoms with Gasteiger partial charge < -0.3 is 29.4 Å². The molecule has 0 unspecified atom stereocenters. The van der Waals surface area contributed by atoms with Crippen LogP contribution in [0.2, 0.25) is 0 Å². The Morgan fingerprint density at radius 3 is 1.68 bits per heavy atom. The minimum Gasteiger partial charge on any atom is -0.478 e. The third-order valence-corrected chi connectivity index (χ3v) is 5.69. The summed E-state index contributed by atoms with van der Waals surface area (Å²) in [6.07, 6.45) is -5.18. The maximum atomic E-state index is 13.4. The highest BCUT2D eigenvalue weighted by Gasteiger charge is 2.43. The zero-order chi connectivity index (χ0) is 29.6. The fourth-order valence-electron chi connectivity index (χ4n) is 3.61. The van der Waals surface area contributed by atoms with E-state index in [9.17, 15) is 24.3 Å². The van der Waals surface area contributed by atoms with Gasteiger partial charge in [0.15, 0.2) is 0 Å². The summed E-state index contributed by atoms with van der Waals surface area (Å²) in [5.74, 6) is -4.92. The van der Waals surface area contributed by atoms with E-state index >= 15 is 0 Å². The highest BCUT2D eigenvalue weighted by molar-refractivity contribution is 5.95. The minimum absolute atomic E-state index is 0.0376. The van der Waals surface area contributed by atoms with Crippen molar-refractivity contribution in [2.75, 3.05) is 13.2 Å². The third kappa shape index (κ3) is 10.2. The molecule has 2 N–H and O–H groups in total. The van der Waals surface area contributed by atoms with Crippen LogP contribution in [0.5, 0.6) is 0 Å². The van der Waals surface area contributed by atoms with Crippen LogP contribution in [0.3, 0.4) is 0 Å². The first-order chi connectivity index (χ1) is 19.7. The summed E-state index contributed by atoms with van der Waals surface area (Å²) in [7, 11) is 0. The Kier molecular flexibility index (Phi) is 12.0. The average molecular weight is 564 g/mol. The van der Waals surface area contributed by atoms with Crippen LogP contribution in [0, 0.1) is 0 Å². The van der Waals surface area contributed by atoms with Gasteiger partial charge in [0.2, 0.25) is 12.2 Å². The predicted molar refractivity (Wildman–Crippen MR) is 148 cm³/mol. The molecule has 0 amide bonds. The number of carboxylic acids is 1. The molecule has 0 aromatic heterocycles. The van der Waals surface area contributed by atoms with E-state index in [1.54, 1.807) is 36.4 Å². The predicted octanol–water partition coefficient (Wildman–Crippen LogP) is 3.65. The normalized spacial score (nSPS) is 13.0. The number of carboxylic acid groups (broad SMARTS) is 1. The van der Waals surface area contributed by atoms with Crippen LogP contribution < -0.4 is 5.32 Å². The van der Waals surface area contributed by atoms with Crippen LogP contribution in [-0.2, 0) is 35.1 Å². The van der Waals surface area contributed by atoms with Gasteiger partial charge in [-0.05, 0) is 29.8 Å². The fraction of sp³-hybridized carbons (Fsp3) is 0.290. The fourth-order valence-corrected chi connectivity index (χ4v) is 3.61. The number of esters is 3. The van der Waals surface area contributed by atoms with Gasteiger partial charge in [0.25, 0.3) is 0 Å². The highest BCUT2D eigenvalue weighted by Crippen LogP contribution is 2.16. The van der Waals surface area contributed by atoms with Gasteiger partial charge in [0, 0.05) is 12.6 Å². The molecule has 0 radical (unpaired) electrons. The van der Waals surface area contributed by atoms with Gasteiger partial charge >= 0.3 is 23.9 Å². The molecule has 0 saturated carbocycles. The summed E-state index contributed by atoms with van der Waals surface area (Å²) in [6.45, 7) is 4.17. The van der Waals surface area contributed by atoms with Crippen molar-refractivity contribution in [1.82, 2.24) is 5.32 Å². The second kappa shape index (κ2) is 15.9. The number of rotatable bonds is 15. The number of hydrogen-bond donors (Lipinski definition) is 2. The molecule has 0 aliphatic carbocycles. The van der Waals surface area contributed by atoms with Crippen molar-refractivity contribution in [3.05, 3.63) is 108 Å². The summed E-state index contributed by atoms with van der Waals surface area (Å²) in [6, 6.07) is 24.7. The zero-order valence-electron chi connectivity index (χ0n) is 22.8. The number of aliphatic carboxylic acids is 1. The molecule has 0 bridgehead atoms. The van der Waals surface area contributed by atoms with Gasteiger partial charge in [0.1, 0.15) is 6.10 Å². The van der Waals surface area contributed by atoms with Gasteiger partial charge in [-0.1, -0.05) is 80.6 Å². The number of ether oxygens (including phenoxy) is 4. The first-order valence-electron chi connectivity index (χ1n) is 13.0. The minimum atomic E-state index is -2.19. The Labute approximate surface area is 238 Å². The van der Waals surface area contributed by atoms with Crippen LogP contribution >= 0.6 is 0 Å². The van der Waals surface area contributed by atoms with Gasteiger partial charge in [-0.25, -0.2) is 19.2 Å². The molecule has 10 nitrogen and oxygen atoms in total. The number of nitrogens with one attached hydrogen (secondary N) is 1. The maximum Gasteiger partial charge on any atom is 0.352 e. The van der Waals surface area contributed by atoms with Crippen LogP contribution in [0.25, 0.3) is 0 Å². The molecule has 216 valence electrons. The molecule has 0 aliphatic rings. The Hall–Kier alpha value is -4.54. The molecule has 0 aliphatic heterocycles. The number of benzene rings is 3. The van der Waals surface area contributed by atoms with Gasteiger partial charge in [-0.2, -0.15) is 0 Å². The molecule has 3 rings (SSSR count). The van der Waals surface area contributed by atoms with Crippen LogP contribution in [-0.4, -0.2) is 66.5 Å². The Morgan fingerprint density at radius 2 is 1.20 bits per heavy atom. The van der Waals surface area contributed by atoms with E-state index in [2.05, 4.69) is 5.32 Å². The van der Waals surface area contributed by atoms with E-state index in [-0.39, 0.29) is 36.9 Å². The lowest BCUT2D eigenvalue weighted by Gasteiger charge is -2.26. The molecule has 41 heavy (non-hydrogen) atoms. The summed E-state index contributed by atoms with van der Waals surface area (Å²) < 4.78 is 21.8. The van der Waals surface area contributed by atoms with E-state index in [1.807, 2.05) is 44.2 Å². The van der Waals surface area contributed by atoms with E-state index in [1.165, 1.54) is 24.3 Å². The monoisotopic (exact) mass is 563 g/mol. The second-order valence-corrected chi connectivity index (χ2v) is 9.34. The van der Waals surface area contributed by atoms with Crippen molar-refractivity contribution in [2.45, 2.75) is 44.8 Å². The number of hydrogen-bond acceptors (Lipinski definition) is 9. The molecule has 0 heterocycles. The van der Waals surface area contributed by atoms with Crippen LogP contribution in [0.1, 0.15) is 40.1 Å². The third-order valence-electron chi connectivity index (χ3n) is 5.69. The lowest BCUT2D eigenvalue weighted by atomic mass is 10.1. The van der Waals surface area contributed by atoms with Crippen molar-refractivity contribution < 1.29 is 43.2 Å². The van der Waals surface area contributed by atoms with E-state index in [0.717, 1.165) is 5.56 Å². The summed E-state index contributed by atoms with van der Waals surface area (Å²) in [5.41, 5.74) is 1.02. The molecule has 3 atom stereocenters. The molecular weight excluding hydrogens is 530 g/mol. The van der Waals surface area contributed by atoms with E-state index in [0.29, 0.717) is 0 Å². The molecule has 0 spiro atoms. The molecule has 10 heteroatoms. The van der Waals surface area contributed by atoms with Gasteiger partial charge in [-0.3, -0.25) is 0 Å². The molecule has 0 saturated heterocycles. The van der Waals surface area contributed by atoms with Crippen molar-refractivity contribution in [2.24, 2.45) is 0 Å². The molecule has 3 aromatic rings. The lowest BCUT2D eigenvalue weighted by Crippen LogP contribution is -2.49. The Balaban J connectivity index is 1.82. The SMILES string of the molecule is CC(C)NC[C@H](COCc1ccccc1)OC(=O)[C@@H](OC(=O)c1ccccc1)[C@@H](OC(=O)c1ccccc1)C(=O)O. The van der Waals surface area contributed by atoms with Crippen molar-refractivity contribution in [1.29, 1.82) is 0 Å². The van der Waals surface area contributed by atoms with Crippen LogP contribution in [0.15, 0.2) is 91.0 Å². The van der Waals surface area contributed by atoms with Gasteiger partial charge in [-0.15, -0.1) is 0 Å². The molecule has 3 aromatic carbocycles. The smallest absolute Gasteiger partial charge is 0.352 e. The average Bonchev–Trinajstić information content (AvgIpc) is 2.98. The zero-order valence-corrected chi connectivity index (χ0v) is 22.8. The number of carbonyl (C=O) groups excluding carboxylic acids is 3. The molecular formula is C31H33NO9. The second-order valence-electron chi connectivity index (χ2n) is 9.34.